The highest BCUT2D eigenvalue weighted by Gasteiger charge is 2.31. The zero-order chi connectivity index (χ0) is 14.7. The van der Waals surface area contributed by atoms with E-state index in [1.807, 2.05) is 26.0 Å². The minimum atomic E-state index is 0.166. The second kappa shape index (κ2) is 6.38. The number of rotatable bonds is 5. The molecule has 0 bridgehead atoms. The van der Waals surface area contributed by atoms with Crippen LogP contribution in [0.2, 0.25) is 0 Å². The summed E-state index contributed by atoms with van der Waals surface area (Å²) in [7, 11) is 0. The summed E-state index contributed by atoms with van der Waals surface area (Å²) in [5.41, 5.74) is 7.81. The van der Waals surface area contributed by atoms with Crippen LogP contribution in [0, 0.1) is 11.8 Å². The average Bonchev–Trinajstić information content (AvgIpc) is 2.69. The molecule has 0 heterocycles. The Labute approximate surface area is 122 Å². The van der Waals surface area contributed by atoms with Crippen LogP contribution in [0.5, 0.6) is 5.75 Å². The average molecular weight is 276 g/mol. The summed E-state index contributed by atoms with van der Waals surface area (Å²) in [4.78, 5) is 0. The SMILES string of the molecule is CCC1CCC(Nc2cc(N)cc(OC(C)C)c2)C1C. The Morgan fingerprint density at radius 1 is 1.30 bits per heavy atom. The van der Waals surface area contributed by atoms with Crippen LogP contribution in [0.1, 0.15) is 47.0 Å². The first-order chi connectivity index (χ1) is 9.49. The van der Waals surface area contributed by atoms with E-state index in [-0.39, 0.29) is 6.10 Å². The molecule has 20 heavy (non-hydrogen) atoms. The van der Waals surface area contributed by atoms with Gasteiger partial charge in [-0.3, -0.25) is 0 Å². The number of ether oxygens (including phenoxy) is 1. The fourth-order valence-corrected chi connectivity index (χ4v) is 3.29. The lowest BCUT2D eigenvalue weighted by molar-refractivity contribution is 0.242. The van der Waals surface area contributed by atoms with Gasteiger partial charge in [0.1, 0.15) is 5.75 Å². The van der Waals surface area contributed by atoms with Crippen molar-refractivity contribution in [2.45, 2.75) is 59.1 Å². The zero-order valence-electron chi connectivity index (χ0n) is 13.1. The van der Waals surface area contributed by atoms with E-state index in [2.05, 4.69) is 25.2 Å². The molecule has 3 unspecified atom stereocenters. The molecule has 1 saturated carbocycles. The van der Waals surface area contributed by atoms with Crippen LogP contribution >= 0.6 is 0 Å². The highest BCUT2D eigenvalue weighted by Crippen LogP contribution is 2.36. The number of hydrogen-bond donors (Lipinski definition) is 2. The van der Waals surface area contributed by atoms with Crippen LogP contribution in [0.25, 0.3) is 0 Å². The van der Waals surface area contributed by atoms with Crippen molar-refractivity contribution in [1.82, 2.24) is 0 Å². The van der Waals surface area contributed by atoms with Crippen LogP contribution in [0.4, 0.5) is 11.4 Å². The van der Waals surface area contributed by atoms with E-state index in [0.717, 1.165) is 29.0 Å². The normalized spacial score (nSPS) is 25.9. The van der Waals surface area contributed by atoms with Gasteiger partial charge in [0.25, 0.3) is 0 Å². The molecule has 3 nitrogen and oxygen atoms in total. The fourth-order valence-electron chi connectivity index (χ4n) is 3.29. The van der Waals surface area contributed by atoms with Gasteiger partial charge < -0.3 is 15.8 Å². The van der Waals surface area contributed by atoms with Gasteiger partial charge in [-0.25, -0.2) is 0 Å². The molecule has 0 aromatic heterocycles. The monoisotopic (exact) mass is 276 g/mol. The number of hydrogen-bond acceptors (Lipinski definition) is 3. The third kappa shape index (κ3) is 3.59. The molecular weight excluding hydrogens is 248 g/mol. The first-order valence-corrected chi connectivity index (χ1v) is 7.83. The minimum Gasteiger partial charge on any atom is -0.491 e. The highest BCUT2D eigenvalue weighted by molar-refractivity contribution is 5.59. The predicted octanol–water partition coefficient (Wildman–Crippen LogP) is 4.29. The van der Waals surface area contributed by atoms with E-state index < -0.39 is 0 Å². The van der Waals surface area contributed by atoms with Crippen molar-refractivity contribution in [2.24, 2.45) is 11.8 Å². The number of nitrogens with one attached hydrogen (secondary N) is 1. The summed E-state index contributed by atoms with van der Waals surface area (Å²) in [6.07, 6.45) is 4.01. The van der Waals surface area contributed by atoms with E-state index in [0.29, 0.717) is 6.04 Å². The lowest BCUT2D eigenvalue weighted by atomic mass is 9.93. The molecule has 1 aliphatic rings. The van der Waals surface area contributed by atoms with Crippen LogP contribution in [-0.4, -0.2) is 12.1 Å². The largest absolute Gasteiger partial charge is 0.491 e. The number of nitrogen functional groups attached to an aromatic ring is 1. The van der Waals surface area contributed by atoms with Crippen molar-refractivity contribution >= 4 is 11.4 Å². The Hall–Kier alpha value is -1.38. The summed E-state index contributed by atoms with van der Waals surface area (Å²) in [6.45, 7) is 8.71. The third-order valence-corrected chi connectivity index (χ3v) is 4.40. The van der Waals surface area contributed by atoms with E-state index in [1.165, 1.54) is 19.3 Å². The van der Waals surface area contributed by atoms with Crippen LogP contribution in [0.3, 0.4) is 0 Å². The fraction of sp³-hybridized carbons (Fsp3) is 0.647. The molecule has 0 amide bonds. The van der Waals surface area contributed by atoms with Gasteiger partial charge in [-0.2, -0.15) is 0 Å². The quantitative estimate of drug-likeness (QED) is 0.789. The standard InChI is InChI=1S/C17H28N2O/c1-5-13-6-7-17(12(13)4)19-15-8-14(18)9-16(10-15)20-11(2)3/h8-13,17,19H,5-7,18H2,1-4H3. The van der Waals surface area contributed by atoms with Gasteiger partial charge >= 0.3 is 0 Å². The lowest BCUT2D eigenvalue weighted by Crippen LogP contribution is -2.24. The molecule has 1 fully saturated rings. The molecule has 112 valence electrons. The van der Waals surface area contributed by atoms with Crippen LogP contribution in [0.15, 0.2) is 18.2 Å². The second-order valence-electron chi connectivity index (χ2n) is 6.31. The van der Waals surface area contributed by atoms with Crippen molar-refractivity contribution in [3.05, 3.63) is 18.2 Å². The van der Waals surface area contributed by atoms with Gasteiger partial charge in [0, 0.05) is 29.5 Å². The van der Waals surface area contributed by atoms with E-state index in [1.54, 1.807) is 0 Å². The molecule has 0 radical (unpaired) electrons. The summed E-state index contributed by atoms with van der Waals surface area (Å²) >= 11 is 0. The molecule has 1 aliphatic carbocycles. The predicted molar refractivity (Wildman–Crippen MR) is 86.2 cm³/mol. The molecule has 3 N–H and O–H groups in total. The van der Waals surface area contributed by atoms with Crippen molar-refractivity contribution in [3.8, 4) is 5.75 Å². The summed E-state index contributed by atoms with van der Waals surface area (Å²) in [5, 5.41) is 3.65. The maximum atomic E-state index is 5.98. The number of anilines is 2. The molecule has 0 spiro atoms. The maximum absolute atomic E-state index is 5.98. The smallest absolute Gasteiger partial charge is 0.123 e. The molecule has 2 rings (SSSR count). The van der Waals surface area contributed by atoms with E-state index >= 15 is 0 Å². The van der Waals surface area contributed by atoms with E-state index in [9.17, 15) is 0 Å². The van der Waals surface area contributed by atoms with Gasteiger partial charge in [0.15, 0.2) is 0 Å². The minimum absolute atomic E-state index is 0.166. The van der Waals surface area contributed by atoms with Gasteiger partial charge in [0.2, 0.25) is 0 Å². The second-order valence-corrected chi connectivity index (χ2v) is 6.31. The van der Waals surface area contributed by atoms with Crippen molar-refractivity contribution in [3.63, 3.8) is 0 Å². The lowest BCUT2D eigenvalue weighted by Gasteiger charge is -2.23. The molecule has 3 heteroatoms. The van der Waals surface area contributed by atoms with Gasteiger partial charge in [0.05, 0.1) is 6.10 Å². The molecular formula is C17H28N2O. The Bertz CT molecular complexity index is 445. The zero-order valence-corrected chi connectivity index (χ0v) is 13.1. The first kappa shape index (κ1) is 15.0. The topological polar surface area (TPSA) is 47.3 Å². The van der Waals surface area contributed by atoms with Crippen molar-refractivity contribution < 1.29 is 4.74 Å². The summed E-state index contributed by atoms with van der Waals surface area (Å²) in [6, 6.07) is 6.49. The van der Waals surface area contributed by atoms with Gasteiger partial charge in [-0.05, 0) is 44.6 Å². The van der Waals surface area contributed by atoms with E-state index in [4.69, 9.17) is 10.5 Å². The van der Waals surface area contributed by atoms with Crippen molar-refractivity contribution in [1.29, 1.82) is 0 Å². The highest BCUT2D eigenvalue weighted by atomic mass is 16.5. The molecule has 0 aliphatic heterocycles. The molecule has 1 aromatic carbocycles. The third-order valence-electron chi connectivity index (χ3n) is 4.40. The van der Waals surface area contributed by atoms with Crippen LogP contribution in [-0.2, 0) is 0 Å². The molecule has 1 aromatic rings. The van der Waals surface area contributed by atoms with Gasteiger partial charge in [-0.15, -0.1) is 0 Å². The summed E-state index contributed by atoms with van der Waals surface area (Å²) < 4.78 is 5.75. The Balaban J connectivity index is 2.07. The first-order valence-electron chi connectivity index (χ1n) is 7.83. The number of nitrogens with two attached hydrogens (primary N) is 1. The Morgan fingerprint density at radius 3 is 2.65 bits per heavy atom. The number of benzene rings is 1. The van der Waals surface area contributed by atoms with Crippen molar-refractivity contribution in [2.75, 3.05) is 11.1 Å². The molecule has 3 atom stereocenters. The maximum Gasteiger partial charge on any atom is 0.123 e. The molecule has 0 saturated heterocycles. The van der Waals surface area contributed by atoms with Gasteiger partial charge in [-0.1, -0.05) is 20.3 Å². The summed E-state index contributed by atoms with van der Waals surface area (Å²) in [5.74, 6) is 2.41. The van der Waals surface area contributed by atoms with Crippen LogP contribution < -0.4 is 15.8 Å². The Morgan fingerprint density at radius 2 is 2.05 bits per heavy atom. The Kier molecular flexibility index (Phi) is 4.79.